The van der Waals surface area contributed by atoms with E-state index < -0.39 is 0 Å². The molecule has 0 spiro atoms. The molecule has 16 heteroatoms. The van der Waals surface area contributed by atoms with Gasteiger partial charge >= 0.3 is 0 Å². The predicted octanol–water partition coefficient (Wildman–Crippen LogP) is 5.51. The van der Waals surface area contributed by atoms with Crippen LogP contribution in [-0.4, -0.2) is 110 Å². The summed E-state index contributed by atoms with van der Waals surface area (Å²) >= 11 is 12.1. The molecule has 0 saturated heterocycles. The maximum atomic E-state index is 12.7. The van der Waals surface area contributed by atoms with E-state index in [1.54, 1.807) is 36.4 Å². The molecule has 0 bridgehead atoms. The number of H-pyrrole nitrogens is 2. The van der Waals surface area contributed by atoms with E-state index in [2.05, 4.69) is 50.6 Å². The third-order valence-corrected chi connectivity index (χ3v) is 9.86. The van der Waals surface area contributed by atoms with E-state index in [1.807, 2.05) is 90.8 Å². The van der Waals surface area contributed by atoms with E-state index in [4.69, 9.17) is 23.2 Å². The van der Waals surface area contributed by atoms with Crippen molar-refractivity contribution in [3.8, 4) is 0 Å². The van der Waals surface area contributed by atoms with Crippen molar-refractivity contribution in [1.29, 1.82) is 0 Å². The Balaban J connectivity index is 0.000000221. The molecule has 4 N–H and O–H groups in total. The quantitative estimate of drug-likeness (QED) is 0.110. The second-order valence-electron chi connectivity index (χ2n) is 14.4. The first-order valence-corrected chi connectivity index (χ1v) is 19.3. The molecule has 0 atom stereocenters. The summed E-state index contributed by atoms with van der Waals surface area (Å²) in [6.07, 6.45) is 0.305. The lowest BCUT2D eigenvalue weighted by Gasteiger charge is -2.24. The Morgan fingerprint density at radius 3 is 1.45 bits per heavy atom. The predicted molar refractivity (Wildman–Crippen MR) is 236 cm³/mol. The lowest BCUT2D eigenvalue weighted by Crippen LogP contribution is -2.29. The Hall–Kier alpha value is -5.80. The average molecular weight is 828 g/mol. The highest BCUT2D eigenvalue weighted by atomic mass is 35.5. The van der Waals surface area contributed by atoms with E-state index in [9.17, 15) is 19.2 Å². The molecule has 2 amide bonds. The van der Waals surface area contributed by atoms with E-state index >= 15 is 0 Å². The Bertz CT molecular complexity index is 2510. The number of aromatic amines is 2. The van der Waals surface area contributed by atoms with Gasteiger partial charge in [0.25, 0.3) is 11.1 Å². The number of para-hydroxylation sites is 4. The SMILES string of the molecule is CN(C)CCN(C)c1ccccc1NC(=O)Cc1ccc2c(=O)[nH]nc(Cl)c2c1.CN(C)CCN(C)c1ccccc1NC(=O)Cc1ccc2c(Cl)n[nH]c(=O)c2c1. The van der Waals surface area contributed by atoms with Gasteiger partial charge in [-0.05, 0) is 81.8 Å². The minimum atomic E-state index is -0.334. The standard InChI is InChI=1S/2C21H24ClN5O2/c1-26(2)10-11-27(3)18-7-5-4-6-17(18)23-19(28)13-14-8-9-15-16(12-14)20(22)24-25-21(15)29;1-26(2)10-11-27(3)18-7-5-4-6-17(18)23-19(28)13-14-8-9-15-16(12-14)21(29)25-24-20(15)22/h2*4-9,12H,10-11,13H2,1-3H3,(H,23,28)(H,25,29). The largest absolute Gasteiger partial charge is 0.372 e. The maximum absolute atomic E-state index is 12.7. The zero-order valence-electron chi connectivity index (χ0n) is 33.4. The summed E-state index contributed by atoms with van der Waals surface area (Å²) in [6, 6.07) is 25.7. The summed E-state index contributed by atoms with van der Waals surface area (Å²) < 4.78 is 0. The number of nitrogens with one attached hydrogen (secondary N) is 4. The molecule has 14 nitrogen and oxygen atoms in total. The van der Waals surface area contributed by atoms with Gasteiger partial charge in [-0.3, -0.25) is 19.2 Å². The van der Waals surface area contributed by atoms with Crippen LogP contribution in [0.2, 0.25) is 10.3 Å². The van der Waals surface area contributed by atoms with Gasteiger partial charge in [0.05, 0.1) is 46.4 Å². The number of amides is 2. The molecule has 6 rings (SSSR count). The number of aromatic nitrogens is 4. The van der Waals surface area contributed by atoms with Crippen LogP contribution in [0.3, 0.4) is 0 Å². The van der Waals surface area contributed by atoms with Crippen LogP contribution >= 0.6 is 23.2 Å². The lowest BCUT2D eigenvalue weighted by molar-refractivity contribution is -0.116. The molecular formula is C42H48Cl2N10O4. The van der Waals surface area contributed by atoms with Crippen LogP contribution in [0.5, 0.6) is 0 Å². The van der Waals surface area contributed by atoms with Gasteiger partial charge in [0.2, 0.25) is 11.8 Å². The highest BCUT2D eigenvalue weighted by Crippen LogP contribution is 2.27. The van der Waals surface area contributed by atoms with Crippen molar-refractivity contribution in [3.63, 3.8) is 0 Å². The van der Waals surface area contributed by atoms with E-state index in [1.165, 1.54) is 0 Å². The number of rotatable bonds is 14. The van der Waals surface area contributed by atoms with Crippen LogP contribution in [0.1, 0.15) is 11.1 Å². The maximum Gasteiger partial charge on any atom is 0.272 e. The fourth-order valence-electron chi connectivity index (χ4n) is 6.10. The molecule has 0 aliphatic heterocycles. The van der Waals surface area contributed by atoms with Crippen molar-refractivity contribution in [3.05, 3.63) is 127 Å². The first-order chi connectivity index (χ1) is 27.7. The third kappa shape index (κ3) is 11.6. The Morgan fingerprint density at radius 2 is 0.966 bits per heavy atom. The van der Waals surface area contributed by atoms with Gasteiger partial charge in [0, 0.05) is 51.0 Å². The Kier molecular flexibility index (Phi) is 15.0. The number of carbonyl (C=O) groups is 2. The topological polar surface area (TPSA) is 163 Å². The first-order valence-electron chi connectivity index (χ1n) is 18.5. The summed E-state index contributed by atoms with van der Waals surface area (Å²) in [5, 5.41) is 20.6. The van der Waals surface area contributed by atoms with Gasteiger partial charge in [-0.15, -0.1) is 0 Å². The van der Waals surface area contributed by atoms with Crippen LogP contribution in [0.15, 0.2) is 94.5 Å². The van der Waals surface area contributed by atoms with Crippen LogP contribution in [-0.2, 0) is 22.4 Å². The van der Waals surface area contributed by atoms with Gasteiger partial charge in [-0.1, -0.05) is 65.7 Å². The van der Waals surface area contributed by atoms with Gasteiger partial charge in [-0.25, -0.2) is 10.2 Å². The summed E-state index contributed by atoms with van der Waals surface area (Å²) in [4.78, 5) is 57.6. The number of halogens is 2. The molecule has 4 aromatic carbocycles. The van der Waals surface area contributed by atoms with Crippen molar-refractivity contribution in [2.45, 2.75) is 12.8 Å². The number of nitrogens with zero attached hydrogens (tertiary/aromatic N) is 6. The molecule has 0 fully saturated rings. The van der Waals surface area contributed by atoms with Crippen molar-refractivity contribution < 1.29 is 9.59 Å². The first kappa shape index (κ1) is 43.3. The summed E-state index contributed by atoms with van der Waals surface area (Å²) in [6.45, 7) is 3.48. The van der Waals surface area contributed by atoms with Crippen molar-refractivity contribution >= 4 is 79.3 Å². The number of carbonyl (C=O) groups excluding carboxylic acids is 2. The summed E-state index contributed by atoms with van der Waals surface area (Å²) in [5.74, 6) is -0.305. The van der Waals surface area contributed by atoms with Crippen LogP contribution in [0.4, 0.5) is 22.7 Å². The van der Waals surface area contributed by atoms with Crippen LogP contribution in [0, 0.1) is 0 Å². The second kappa shape index (κ2) is 20.1. The molecule has 2 heterocycles. The second-order valence-corrected chi connectivity index (χ2v) is 15.1. The minimum absolute atomic E-state index is 0.144. The minimum Gasteiger partial charge on any atom is -0.372 e. The number of hydrogen-bond donors (Lipinski definition) is 4. The van der Waals surface area contributed by atoms with E-state index in [0.29, 0.717) is 21.5 Å². The molecule has 0 radical (unpaired) electrons. The molecule has 6 aromatic rings. The number of benzene rings is 4. The lowest BCUT2D eigenvalue weighted by atomic mass is 10.1. The van der Waals surface area contributed by atoms with Gasteiger partial charge in [0.15, 0.2) is 10.3 Å². The Labute approximate surface area is 346 Å². The van der Waals surface area contributed by atoms with Crippen LogP contribution < -0.4 is 31.6 Å². The number of fused-ring (bicyclic) bond motifs is 2. The highest BCUT2D eigenvalue weighted by Gasteiger charge is 2.14. The molecule has 58 heavy (non-hydrogen) atoms. The van der Waals surface area contributed by atoms with E-state index in [0.717, 1.165) is 60.1 Å². The van der Waals surface area contributed by atoms with Crippen molar-refractivity contribution in [2.75, 3.05) is 88.9 Å². The fourth-order valence-corrected chi connectivity index (χ4v) is 6.51. The summed E-state index contributed by atoms with van der Waals surface area (Å²) in [5.41, 5.74) is 4.26. The number of hydrogen-bond acceptors (Lipinski definition) is 10. The van der Waals surface area contributed by atoms with Gasteiger partial charge in [0.1, 0.15) is 0 Å². The Morgan fingerprint density at radius 1 is 0.552 bits per heavy atom. The number of likely N-dealkylation sites (N-methyl/N-ethyl adjacent to an activating group) is 4. The third-order valence-electron chi connectivity index (χ3n) is 9.29. The molecule has 0 aliphatic carbocycles. The van der Waals surface area contributed by atoms with E-state index in [-0.39, 0.29) is 46.1 Å². The van der Waals surface area contributed by atoms with Crippen molar-refractivity contribution in [2.24, 2.45) is 0 Å². The monoisotopic (exact) mass is 826 g/mol. The highest BCUT2D eigenvalue weighted by molar-refractivity contribution is 6.34. The number of anilines is 4. The molecular weight excluding hydrogens is 779 g/mol. The summed E-state index contributed by atoms with van der Waals surface area (Å²) in [7, 11) is 12.1. The average Bonchev–Trinajstić information content (AvgIpc) is 3.19. The molecule has 0 aliphatic rings. The molecule has 2 aromatic heterocycles. The molecule has 304 valence electrons. The molecule has 0 saturated carbocycles. The zero-order chi connectivity index (χ0) is 41.9. The zero-order valence-corrected chi connectivity index (χ0v) is 34.9. The smallest absolute Gasteiger partial charge is 0.272 e. The molecule has 0 unspecified atom stereocenters. The normalized spacial score (nSPS) is 11.1. The van der Waals surface area contributed by atoms with Gasteiger partial charge < -0.3 is 30.2 Å². The fraction of sp³-hybridized carbons (Fsp3) is 0.286. The van der Waals surface area contributed by atoms with Crippen LogP contribution in [0.25, 0.3) is 21.5 Å². The van der Waals surface area contributed by atoms with Gasteiger partial charge in [-0.2, -0.15) is 10.2 Å². The van der Waals surface area contributed by atoms with Crippen molar-refractivity contribution in [1.82, 2.24) is 30.2 Å².